The van der Waals surface area contributed by atoms with Gasteiger partial charge in [0.2, 0.25) is 0 Å². The van der Waals surface area contributed by atoms with Crippen LogP contribution in [0.4, 0.5) is 5.82 Å². The highest BCUT2D eigenvalue weighted by Crippen LogP contribution is 2.24. The van der Waals surface area contributed by atoms with Crippen LogP contribution >= 0.6 is 15.9 Å². The van der Waals surface area contributed by atoms with Crippen molar-refractivity contribution in [2.75, 3.05) is 19.4 Å². The van der Waals surface area contributed by atoms with E-state index in [1.54, 1.807) is 26.4 Å². The Morgan fingerprint density at radius 2 is 2.17 bits per heavy atom. The molecule has 0 atom stereocenters. The summed E-state index contributed by atoms with van der Waals surface area (Å²) in [6, 6.07) is 1.62. The lowest BCUT2D eigenvalue weighted by molar-refractivity contribution is 0.0957. The summed E-state index contributed by atoms with van der Waals surface area (Å²) in [4.78, 5) is 19.6. The highest BCUT2D eigenvalue weighted by Gasteiger charge is 2.13. The number of carbonyl (C=O) groups is 1. The number of nitrogens with one attached hydrogen (secondary N) is 2. The summed E-state index contributed by atoms with van der Waals surface area (Å²) in [5.74, 6) is 0.967. The topological polar surface area (TPSA) is 84.7 Å². The van der Waals surface area contributed by atoms with E-state index in [0.717, 1.165) is 0 Å². The van der Waals surface area contributed by atoms with E-state index in [4.69, 9.17) is 0 Å². The van der Waals surface area contributed by atoms with Crippen LogP contribution in [0.15, 0.2) is 23.1 Å². The van der Waals surface area contributed by atoms with E-state index >= 15 is 0 Å². The molecule has 0 aliphatic heterocycles. The van der Waals surface area contributed by atoms with Gasteiger partial charge in [-0.25, -0.2) is 14.6 Å². The van der Waals surface area contributed by atoms with E-state index in [2.05, 4.69) is 41.6 Å². The van der Waals surface area contributed by atoms with Crippen LogP contribution in [0.25, 0.3) is 5.82 Å². The molecular formula is C10H11BrN6O. The van der Waals surface area contributed by atoms with Crippen molar-refractivity contribution in [3.8, 4) is 5.82 Å². The summed E-state index contributed by atoms with van der Waals surface area (Å²) in [6.45, 7) is 0. The van der Waals surface area contributed by atoms with Crippen molar-refractivity contribution >= 4 is 27.7 Å². The van der Waals surface area contributed by atoms with Crippen LogP contribution in [0, 0.1) is 0 Å². The second kappa shape index (κ2) is 5.13. The Balaban J connectivity index is 2.43. The van der Waals surface area contributed by atoms with Crippen molar-refractivity contribution in [2.45, 2.75) is 0 Å². The number of rotatable bonds is 3. The quantitative estimate of drug-likeness (QED) is 0.877. The Morgan fingerprint density at radius 1 is 1.39 bits per heavy atom. The molecular weight excluding hydrogens is 300 g/mol. The average molecular weight is 311 g/mol. The molecule has 1 amide bonds. The van der Waals surface area contributed by atoms with Crippen molar-refractivity contribution < 1.29 is 4.79 Å². The maximum Gasteiger partial charge on any atom is 0.271 e. The lowest BCUT2D eigenvalue weighted by Crippen LogP contribution is -2.18. The second-order valence-corrected chi connectivity index (χ2v) is 4.13. The van der Waals surface area contributed by atoms with Gasteiger partial charge >= 0.3 is 0 Å². The average Bonchev–Trinajstić information content (AvgIpc) is 2.87. The van der Waals surface area contributed by atoms with Gasteiger partial charge in [0.25, 0.3) is 5.91 Å². The third-order valence-corrected chi connectivity index (χ3v) is 3.00. The molecule has 8 heteroatoms. The number of aromatic nitrogens is 4. The summed E-state index contributed by atoms with van der Waals surface area (Å²) in [5, 5.41) is 9.58. The van der Waals surface area contributed by atoms with Gasteiger partial charge in [-0.15, -0.1) is 0 Å². The molecule has 2 aromatic heterocycles. The first-order chi connectivity index (χ1) is 8.67. The van der Waals surface area contributed by atoms with Crippen LogP contribution in [0.5, 0.6) is 0 Å². The summed E-state index contributed by atoms with van der Waals surface area (Å²) >= 11 is 3.39. The molecule has 94 valence electrons. The van der Waals surface area contributed by atoms with Crippen LogP contribution in [-0.2, 0) is 0 Å². The SMILES string of the molecule is CNC(=O)c1ccn(-c2ncnc(NC)c2Br)n1. The molecule has 0 fully saturated rings. The largest absolute Gasteiger partial charge is 0.372 e. The molecule has 2 aromatic rings. The number of halogens is 1. The maximum absolute atomic E-state index is 11.4. The molecule has 18 heavy (non-hydrogen) atoms. The van der Waals surface area contributed by atoms with Gasteiger partial charge in [-0.2, -0.15) is 5.10 Å². The lowest BCUT2D eigenvalue weighted by Gasteiger charge is -2.06. The van der Waals surface area contributed by atoms with Crippen molar-refractivity contribution in [1.29, 1.82) is 0 Å². The van der Waals surface area contributed by atoms with Gasteiger partial charge in [0.1, 0.15) is 16.6 Å². The molecule has 0 unspecified atom stereocenters. The molecule has 2 heterocycles. The summed E-state index contributed by atoms with van der Waals surface area (Å²) in [6.07, 6.45) is 3.09. The smallest absolute Gasteiger partial charge is 0.271 e. The molecule has 0 bridgehead atoms. The van der Waals surface area contributed by atoms with Crippen LogP contribution in [-0.4, -0.2) is 39.8 Å². The van der Waals surface area contributed by atoms with Gasteiger partial charge in [-0.3, -0.25) is 4.79 Å². The minimum Gasteiger partial charge on any atom is -0.372 e. The minimum atomic E-state index is -0.243. The monoisotopic (exact) mass is 310 g/mol. The van der Waals surface area contributed by atoms with Gasteiger partial charge in [-0.05, 0) is 22.0 Å². The summed E-state index contributed by atoms with van der Waals surface area (Å²) in [7, 11) is 3.32. The molecule has 0 saturated carbocycles. The van der Waals surface area contributed by atoms with Gasteiger partial charge in [0, 0.05) is 20.3 Å². The number of carbonyl (C=O) groups excluding carboxylic acids is 1. The Kier molecular flexibility index (Phi) is 3.56. The fourth-order valence-electron chi connectivity index (χ4n) is 1.39. The first kappa shape index (κ1) is 12.5. The number of anilines is 1. The Labute approximate surface area is 112 Å². The van der Waals surface area contributed by atoms with E-state index in [9.17, 15) is 4.79 Å². The molecule has 7 nitrogen and oxygen atoms in total. The zero-order chi connectivity index (χ0) is 13.1. The van der Waals surface area contributed by atoms with Crippen molar-refractivity contribution in [2.24, 2.45) is 0 Å². The highest BCUT2D eigenvalue weighted by molar-refractivity contribution is 9.10. The molecule has 0 saturated heterocycles. The summed E-state index contributed by atoms with van der Waals surface area (Å²) in [5.41, 5.74) is 0.328. The van der Waals surface area contributed by atoms with Crippen LogP contribution < -0.4 is 10.6 Å². The van der Waals surface area contributed by atoms with Crippen molar-refractivity contribution in [3.63, 3.8) is 0 Å². The minimum absolute atomic E-state index is 0.243. The molecule has 0 aromatic carbocycles. The van der Waals surface area contributed by atoms with Crippen molar-refractivity contribution in [3.05, 3.63) is 28.8 Å². The van der Waals surface area contributed by atoms with E-state index in [0.29, 0.717) is 21.8 Å². The third kappa shape index (κ3) is 2.19. The predicted molar refractivity (Wildman–Crippen MR) is 69.8 cm³/mol. The fourth-order valence-corrected chi connectivity index (χ4v) is 1.97. The fraction of sp³-hybridized carbons (Fsp3) is 0.200. The molecule has 0 aliphatic carbocycles. The normalized spacial score (nSPS) is 10.2. The van der Waals surface area contributed by atoms with Gasteiger partial charge < -0.3 is 10.6 Å². The number of hydrogen-bond donors (Lipinski definition) is 2. The maximum atomic E-state index is 11.4. The Bertz CT molecular complexity index is 581. The molecule has 0 radical (unpaired) electrons. The predicted octanol–water partition coefficient (Wildman–Crippen LogP) is 0.826. The zero-order valence-corrected chi connectivity index (χ0v) is 11.4. The number of amides is 1. The van der Waals surface area contributed by atoms with E-state index in [1.165, 1.54) is 11.0 Å². The second-order valence-electron chi connectivity index (χ2n) is 3.33. The van der Waals surface area contributed by atoms with Gasteiger partial charge in [-0.1, -0.05) is 0 Å². The molecule has 0 spiro atoms. The van der Waals surface area contributed by atoms with Crippen molar-refractivity contribution in [1.82, 2.24) is 25.1 Å². The van der Waals surface area contributed by atoms with Gasteiger partial charge in [0.15, 0.2) is 11.5 Å². The molecule has 0 aliphatic rings. The molecule has 2 N–H and O–H groups in total. The standard InChI is InChI=1S/C10H11BrN6O/c1-12-8-7(11)9(15-5-14-8)17-4-3-6(16-17)10(18)13-2/h3-5H,1-2H3,(H,13,18)(H,12,14,15). The Morgan fingerprint density at radius 3 is 2.83 bits per heavy atom. The number of nitrogens with zero attached hydrogens (tertiary/aromatic N) is 4. The zero-order valence-electron chi connectivity index (χ0n) is 9.81. The van der Waals surface area contributed by atoms with E-state index < -0.39 is 0 Å². The first-order valence-corrected chi connectivity index (χ1v) is 5.93. The lowest BCUT2D eigenvalue weighted by atomic mass is 10.4. The summed E-state index contributed by atoms with van der Waals surface area (Å²) < 4.78 is 2.19. The van der Waals surface area contributed by atoms with Crippen LogP contribution in [0.2, 0.25) is 0 Å². The highest BCUT2D eigenvalue weighted by atomic mass is 79.9. The first-order valence-electron chi connectivity index (χ1n) is 5.13. The third-order valence-electron chi connectivity index (χ3n) is 2.27. The molecule has 2 rings (SSSR count). The Hall–Kier alpha value is -1.96. The van der Waals surface area contributed by atoms with Crippen LogP contribution in [0.3, 0.4) is 0 Å². The van der Waals surface area contributed by atoms with E-state index in [-0.39, 0.29) is 5.91 Å². The van der Waals surface area contributed by atoms with Crippen LogP contribution in [0.1, 0.15) is 10.5 Å². The number of hydrogen-bond acceptors (Lipinski definition) is 5. The van der Waals surface area contributed by atoms with Gasteiger partial charge in [0.05, 0.1) is 0 Å². The van der Waals surface area contributed by atoms with E-state index in [1.807, 2.05) is 0 Å².